The molecule has 186 valence electrons. The first-order chi connectivity index (χ1) is 18.2. The van der Waals surface area contributed by atoms with E-state index in [0.29, 0.717) is 41.4 Å². The van der Waals surface area contributed by atoms with E-state index in [1.165, 1.54) is 6.42 Å². The number of rotatable bonds is 5. The number of carbonyl (C=O) groups excluding carboxylic acids is 1. The van der Waals surface area contributed by atoms with Crippen LogP contribution in [0.3, 0.4) is 0 Å². The third kappa shape index (κ3) is 4.68. The second-order valence-electron chi connectivity index (χ2n) is 9.54. The molecule has 0 bridgehead atoms. The lowest BCUT2D eigenvalue weighted by atomic mass is 10.0. The number of piperidine rings is 1. The van der Waals surface area contributed by atoms with Crippen molar-refractivity contribution in [2.45, 2.75) is 31.8 Å². The van der Waals surface area contributed by atoms with Gasteiger partial charge in [0.15, 0.2) is 5.58 Å². The first-order valence-electron chi connectivity index (χ1n) is 12.8. The van der Waals surface area contributed by atoms with E-state index in [0.717, 1.165) is 54.6 Å². The van der Waals surface area contributed by atoms with Crippen LogP contribution in [-0.4, -0.2) is 48.2 Å². The summed E-state index contributed by atoms with van der Waals surface area (Å²) in [6.45, 7) is 2.88. The SMILES string of the molecule is N#Cc1cc(-c2ccnc3cc(-c4ccc(C(=O)N5CCCCC5)cc4)oc23)ccc1OC1CCOC1. The maximum absolute atomic E-state index is 12.8. The molecule has 1 unspecified atom stereocenters. The van der Waals surface area contributed by atoms with Crippen LogP contribution in [0.4, 0.5) is 0 Å². The highest BCUT2D eigenvalue weighted by Gasteiger charge is 2.21. The second kappa shape index (κ2) is 10.1. The van der Waals surface area contributed by atoms with E-state index in [2.05, 4.69) is 11.1 Å². The van der Waals surface area contributed by atoms with Gasteiger partial charge in [0.05, 0.1) is 18.8 Å². The number of amides is 1. The predicted molar refractivity (Wildman–Crippen MR) is 139 cm³/mol. The summed E-state index contributed by atoms with van der Waals surface area (Å²) >= 11 is 0. The molecular formula is C30H27N3O4. The van der Waals surface area contributed by atoms with Crippen molar-refractivity contribution >= 4 is 17.0 Å². The average Bonchev–Trinajstić information content (AvgIpc) is 3.63. The maximum Gasteiger partial charge on any atom is 0.253 e. The van der Waals surface area contributed by atoms with Crippen molar-refractivity contribution in [1.29, 1.82) is 5.26 Å². The molecule has 0 aliphatic carbocycles. The number of likely N-dealkylation sites (tertiary alicyclic amines) is 1. The second-order valence-corrected chi connectivity index (χ2v) is 9.54. The van der Waals surface area contributed by atoms with Gasteiger partial charge < -0.3 is 18.8 Å². The Morgan fingerprint density at radius 2 is 1.84 bits per heavy atom. The predicted octanol–water partition coefficient (Wildman–Crippen LogP) is 5.83. The van der Waals surface area contributed by atoms with Gasteiger partial charge in [-0.15, -0.1) is 0 Å². The van der Waals surface area contributed by atoms with Crippen LogP contribution >= 0.6 is 0 Å². The monoisotopic (exact) mass is 493 g/mol. The van der Waals surface area contributed by atoms with E-state index in [1.54, 1.807) is 6.20 Å². The van der Waals surface area contributed by atoms with Gasteiger partial charge in [-0.05, 0) is 55.2 Å². The van der Waals surface area contributed by atoms with E-state index < -0.39 is 0 Å². The van der Waals surface area contributed by atoms with E-state index in [-0.39, 0.29) is 12.0 Å². The minimum absolute atomic E-state index is 0.0280. The molecule has 37 heavy (non-hydrogen) atoms. The summed E-state index contributed by atoms with van der Waals surface area (Å²) in [7, 11) is 0. The average molecular weight is 494 g/mol. The minimum Gasteiger partial charge on any atom is -0.487 e. The molecule has 6 rings (SSSR count). The van der Waals surface area contributed by atoms with Crippen LogP contribution < -0.4 is 4.74 Å². The molecule has 7 heteroatoms. The van der Waals surface area contributed by atoms with Crippen molar-refractivity contribution in [2.24, 2.45) is 0 Å². The van der Waals surface area contributed by atoms with Crippen LogP contribution in [0.2, 0.25) is 0 Å². The number of aromatic nitrogens is 1. The summed E-state index contributed by atoms with van der Waals surface area (Å²) in [5, 5.41) is 9.75. The molecule has 0 N–H and O–H groups in total. The molecular weight excluding hydrogens is 466 g/mol. The summed E-state index contributed by atoms with van der Waals surface area (Å²) in [5.41, 5.74) is 5.10. The number of pyridine rings is 1. The number of furan rings is 1. The molecule has 0 spiro atoms. The summed E-state index contributed by atoms with van der Waals surface area (Å²) in [5.74, 6) is 1.32. The molecule has 4 aromatic rings. The number of benzene rings is 2. The Hall–Kier alpha value is -4.15. The molecule has 1 amide bonds. The van der Waals surface area contributed by atoms with Crippen LogP contribution in [0, 0.1) is 11.3 Å². The van der Waals surface area contributed by atoms with Gasteiger partial charge in [-0.3, -0.25) is 9.78 Å². The minimum atomic E-state index is -0.0280. The van der Waals surface area contributed by atoms with Crippen LogP contribution in [0.25, 0.3) is 33.6 Å². The highest BCUT2D eigenvalue weighted by Crippen LogP contribution is 2.35. The fourth-order valence-electron chi connectivity index (χ4n) is 5.04. The molecule has 4 heterocycles. The zero-order valence-electron chi connectivity index (χ0n) is 20.5. The van der Waals surface area contributed by atoms with Crippen molar-refractivity contribution in [3.8, 4) is 34.3 Å². The van der Waals surface area contributed by atoms with Gasteiger partial charge in [0, 0.05) is 48.5 Å². The summed E-state index contributed by atoms with van der Waals surface area (Å²) in [6, 6.07) is 19.2. The molecule has 2 aliphatic rings. The first kappa shape index (κ1) is 23.3. The van der Waals surface area contributed by atoms with Crippen molar-refractivity contribution in [2.75, 3.05) is 26.3 Å². The lowest BCUT2D eigenvalue weighted by Gasteiger charge is -2.26. The summed E-state index contributed by atoms with van der Waals surface area (Å²) < 4.78 is 17.7. The zero-order chi connectivity index (χ0) is 25.2. The van der Waals surface area contributed by atoms with Gasteiger partial charge in [0.25, 0.3) is 5.91 Å². The van der Waals surface area contributed by atoms with Crippen LogP contribution in [0.5, 0.6) is 5.75 Å². The van der Waals surface area contributed by atoms with E-state index in [4.69, 9.17) is 13.9 Å². The van der Waals surface area contributed by atoms with Gasteiger partial charge in [-0.1, -0.05) is 18.2 Å². The Labute approximate surface area is 215 Å². The lowest BCUT2D eigenvalue weighted by molar-refractivity contribution is 0.0724. The zero-order valence-corrected chi connectivity index (χ0v) is 20.5. The summed E-state index contributed by atoms with van der Waals surface area (Å²) in [6.07, 6.45) is 5.86. The fourth-order valence-corrected chi connectivity index (χ4v) is 5.04. The van der Waals surface area contributed by atoms with Crippen molar-refractivity contribution in [1.82, 2.24) is 9.88 Å². The Morgan fingerprint density at radius 1 is 1.03 bits per heavy atom. The van der Waals surface area contributed by atoms with Gasteiger partial charge >= 0.3 is 0 Å². The number of nitriles is 1. The van der Waals surface area contributed by atoms with Crippen molar-refractivity contribution in [3.05, 3.63) is 71.9 Å². The normalized spacial score (nSPS) is 17.6. The number of nitrogens with zero attached hydrogens (tertiary/aromatic N) is 3. The Morgan fingerprint density at radius 3 is 2.59 bits per heavy atom. The topological polar surface area (TPSA) is 88.6 Å². The van der Waals surface area contributed by atoms with Gasteiger partial charge in [0.2, 0.25) is 0 Å². The Balaban J connectivity index is 1.28. The maximum atomic E-state index is 12.8. The number of fused-ring (bicyclic) bond motifs is 1. The molecule has 2 fully saturated rings. The van der Waals surface area contributed by atoms with Gasteiger partial charge in [-0.2, -0.15) is 5.26 Å². The Bertz CT molecular complexity index is 1470. The van der Waals surface area contributed by atoms with Crippen LogP contribution in [-0.2, 0) is 4.74 Å². The standard InChI is InChI=1S/C30H27N3O4/c31-18-23-16-22(8-9-27(23)36-24-11-15-35-19-24)25-10-12-32-26-17-28(37-29(25)26)20-4-6-21(7-5-20)30(34)33-13-2-1-3-14-33/h4-10,12,16-17,24H,1-3,11,13-15,19H2. The number of hydrogen-bond acceptors (Lipinski definition) is 6. The molecule has 2 aromatic heterocycles. The van der Waals surface area contributed by atoms with E-state index >= 15 is 0 Å². The first-order valence-corrected chi connectivity index (χ1v) is 12.8. The molecule has 2 saturated heterocycles. The van der Waals surface area contributed by atoms with Gasteiger partial charge in [0.1, 0.15) is 29.2 Å². The highest BCUT2D eigenvalue weighted by molar-refractivity contribution is 5.95. The third-order valence-corrected chi connectivity index (χ3v) is 7.06. The molecule has 0 radical (unpaired) electrons. The van der Waals surface area contributed by atoms with Crippen molar-refractivity contribution in [3.63, 3.8) is 0 Å². The fraction of sp³-hybridized carbons (Fsp3) is 0.300. The molecule has 7 nitrogen and oxygen atoms in total. The number of carbonyl (C=O) groups is 1. The van der Waals surface area contributed by atoms with Gasteiger partial charge in [-0.25, -0.2) is 0 Å². The largest absolute Gasteiger partial charge is 0.487 e. The quantitative estimate of drug-likeness (QED) is 0.348. The summed E-state index contributed by atoms with van der Waals surface area (Å²) in [4.78, 5) is 19.2. The van der Waals surface area contributed by atoms with Crippen LogP contribution in [0.1, 0.15) is 41.6 Å². The lowest BCUT2D eigenvalue weighted by Crippen LogP contribution is -2.35. The smallest absolute Gasteiger partial charge is 0.253 e. The highest BCUT2D eigenvalue weighted by atomic mass is 16.5. The van der Waals surface area contributed by atoms with Crippen LogP contribution in [0.15, 0.2) is 65.2 Å². The molecule has 2 aliphatic heterocycles. The Kier molecular flexibility index (Phi) is 6.33. The third-order valence-electron chi connectivity index (χ3n) is 7.06. The van der Waals surface area contributed by atoms with E-state index in [1.807, 2.05) is 59.5 Å². The number of hydrogen-bond donors (Lipinski definition) is 0. The molecule has 2 aromatic carbocycles. The molecule has 0 saturated carbocycles. The number of ether oxygens (including phenoxy) is 2. The van der Waals surface area contributed by atoms with E-state index in [9.17, 15) is 10.1 Å². The van der Waals surface area contributed by atoms with Crippen molar-refractivity contribution < 1.29 is 18.7 Å². The molecule has 1 atom stereocenters.